The molecule has 0 radical (unpaired) electrons. The van der Waals surface area contributed by atoms with Gasteiger partial charge in [0.25, 0.3) is 0 Å². The minimum atomic E-state index is -0.413. The number of anilines is 1. The molecule has 2 heterocycles. The largest absolute Gasteiger partial charge is 0.465 e. The van der Waals surface area contributed by atoms with E-state index in [0.29, 0.717) is 15.7 Å². The van der Waals surface area contributed by atoms with Gasteiger partial charge in [-0.05, 0) is 13.0 Å². The third-order valence-electron chi connectivity index (χ3n) is 4.57. The molecule has 7 heteroatoms. The number of methoxy groups -OCH3 is 1. The number of aryl methyl sites for hydroxylation is 1. The summed E-state index contributed by atoms with van der Waals surface area (Å²) in [4.78, 5) is 17.2. The maximum Gasteiger partial charge on any atom is 0.350 e. The highest BCUT2D eigenvalue weighted by Gasteiger charge is 2.20. The smallest absolute Gasteiger partial charge is 0.350 e. The molecule has 146 valence electrons. The zero-order valence-electron chi connectivity index (χ0n) is 16.1. The number of ether oxygens (including phenoxy) is 1. The molecule has 1 N–H and O–H groups in total. The zero-order valence-corrected chi connectivity index (χ0v) is 16.9. The van der Waals surface area contributed by atoms with Gasteiger partial charge in [0, 0.05) is 34.8 Å². The van der Waals surface area contributed by atoms with Gasteiger partial charge in [-0.3, -0.25) is 5.43 Å². The van der Waals surface area contributed by atoms with Crippen LogP contribution in [0.25, 0.3) is 22.2 Å². The summed E-state index contributed by atoms with van der Waals surface area (Å²) in [6.07, 6.45) is 3.85. The minimum absolute atomic E-state index is 0.413. The van der Waals surface area contributed by atoms with E-state index in [1.807, 2.05) is 42.5 Å². The van der Waals surface area contributed by atoms with Crippen molar-refractivity contribution < 1.29 is 9.53 Å². The van der Waals surface area contributed by atoms with Gasteiger partial charge >= 0.3 is 5.97 Å². The van der Waals surface area contributed by atoms with E-state index in [9.17, 15) is 4.79 Å². The number of fused-ring (bicyclic) bond motifs is 1. The van der Waals surface area contributed by atoms with E-state index in [1.165, 1.54) is 24.0 Å². The van der Waals surface area contributed by atoms with Crippen LogP contribution in [-0.4, -0.2) is 28.8 Å². The molecule has 0 saturated heterocycles. The molecule has 0 unspecified atom stereocenters. The summed E-state index contributed by atoms with van der Waals surface area (Å²) in [6, 6.07) is 17.8. The Balaban J connectivity index is 1.62. The van der Waals surface area contributed by atoms with E-state index in [2.05, 4.69) is 45.3 Å². The van der Waals surface area contributed by atoms with E-state index in [0.717, 1.165) is 23.1 Å². The number of hydrazone groups is 1. The molecule has 0 fully saturated rings. The van der Waals surface area contributed by atoms with Crippen LogP contribution in [0.5, 0.6) is 0 Å². The highest BCUT2D eigenvalue weighted by Crippen LogP contribution is 2.31. The Labute approximate surface area is 172 Å². The average molecular weight is 404 g/mol. The molecule has 0 atom stereocenters. The fourth-order valence-electron chi connectivity index (χ4n) is 3.19. The van der Waals surface area contributed by atoms with Crippen LogP contribution in [0.15, 0.2) is 65.9 Å². The predicted octanol–water partition coefficient (Wildman–Crippen LogP) is 5.02. The predicted molar refractivity (Wildman–Crippen MR) is 118 cm³/mol. The summed E-state index contributed by atoms with van der Waals surface area (Å²) in [5.41, 5.74) is 6.58. The van der Waals surface area contributed by atoms with E-state index in [1.54, 1.807) is 6.21 Å². The monoisotopic (exact) mass is 404 g/mol. The lowest BCUT2D eigenvalue weighted by Crippen LogP contribution is -2.00. The van der Waals surface area contributed by atoms with Gasteiger partial charge in [-0.1, -0.05) is 59.9 Å². The number of aromatic nitrogens is 2. The molecule has 0 saturated carbocycles. The summed E-state index contributed by atoms with van der Waals surface area (Å²) < 4.78 is 7.09. The SMILES string of the molecule is CCn1cc(/C=N\Nc2nc(-c3ccccc3)c(C(=O)OC)s2)c2ccccc21. The topological polar surface area (TPSA) is 68.5 Å². The maximum atomic E-state index is 12.2. The van der Waals surface area contributed by atoms with Crippen molar-refractivity contribution in [3.63, 3.8) is 0 Å². The van der Waals surface area contributed by atoms with Gasteiger partial charge in [0.05, 0.1) is 19.0 Å². The Morgan fingerprint density at radius 2 is 1.97 bits per heavy atom. The lowest BCUT2D eigenvalue weighted by Gasteiger charge is -1.99. The van der Waals surface area contributed by atoms with Crippen molar-refractivity contribution in [3.8, 4) is 11.3 Å². The van der Waals surface area contributed by atoms with Gasteiger partial charge in [-0.25, -0.2) is 9.78 Å². The molecule has 2 aromatic heterocycles. The molecule has 0 aliphatic carbocycles. The van der Waals surface area contributed by atoms with Gasteiger partial charge in [-0.15, -0.1) is 0 Å². The summed E-state index contributed by atoms with van der Waals surface area (Å²) in [6.45, 7) is 3.00. The van der Waals surface area contributed by atoms with Crippen molar-refractivity contribution in [1.82, 2.24) is 9.55 Å². The second-order valence-electron chi connectivity index (χ2n) is 6.31. The van der Waals surface area contributed by atoms with Gasteiger partial charge in [-0.2, -0.15) is 5.10 Å². The van der Waals surface area contributed by atoms with Crippen molar-refractivity contribution in [1.29, 1.82) is 0 Å². The van der Waals surface area contributed by atoms with Crippen molar-refractivity contribution >= 4 is 39.6 Å². The molecule has 0 amide bonds. The molecule has 29 heavy (non-hydrogen) atoms. The normalized spacial score (nSPS) is 11.2. The van der Waals surface area contributed by atoms with Crippen molar-refractivity contribution in [2.75, 3.05) is 12.5 Å². The van der Waals surface area contributed by atoms with Gasteiger partial charge in [0.2, 0.25) is 5.13 Å². The summed E-state index contributed by atoms with van der Waals surface area (Å²) in [5, 5.41) is 6.02. The lowest BCUT2D eigenvalue weighted by atomic mass is 10.1. The molecule has 2 aromatic carbocycles. The highest BCUT2D eigenvalue weighted by molar-refractivity contribution is 7.17. The van der Waals surface area contributed by atoms with Crippen LogP contribution in [0.4, 0.5) is 5.13 Å². The van der Waals surface area contributed by atoms with E-state index in [-0.39, 0.29) is 0 Å². The molecule has 0 bridgehead atoms. The van der Waals surface area contributed by atoms with Crippen LogP contribution in [0.1, 0.15) is 22.2 Å². The summed E-state index contributed by atoms with van der Waals surface area (Å²) >= 11 is 1.22. The number of nitrogens with one attached hydrogen (secondary N) is 1. The number of benzene rings is 2. The fraction of sp³-hybridized carbons (Fsp3) is 0.136. The van der Waals surface area contributed by atoms with Crippen LogP contribution in [0.3, 0.4) is 0 Å². The van der Waals surface area contributed by atoms with Crippen LogP contribution in [0.2, 0.25) is 0 Å². The first kappa shape index (κ1) is 18.9. The van der Waals surface area contributed by atoms with E-state index < -0.39 is 5.97 Å². The number of hydrogen-bond acceptors (Lipinski definition) is 6. The number of thiazole rings is 1. The van der Waals surface area contributed by atoms with Gasteiger partial charge < -0.3 is 9.30 Å². The van der Waals surface area contributed by atoms with Crippen LogP contribution >= 0.6 is 11.3 Å². The number of esters is 1. The second kappa shape index (κ2) is 8.28. The van der Waals surface area contributed by atoms with Gasteiger partial charge in [0.15, 0.2) is 0 Å². The Bertz CT molecular complexity index is 1180. The molecule has 0 aliphatic rings. The van der Waals surface area contributed by atoms with E-state index in [4.69, 9.17) is 4.74 Å². The molecular weight excluding hydrogens is 384 g/mol. The van der Waals surface area contributed by atoms with Crippen molar-refractivity contribution in [2.45, 2.75) is 13.5 Å². The second-order valence-corrected chi connectivity index (χ2v) is 7.31. The minimum Gasteiger partial charge on any atom is -0.465 e. The van der Waals surface area contributed by atoms with Crippen molar-refractivity contribution in [3.05, 3.63) is 71.2 Å². The van der Waals surface area contributed by atoms with Crippen LogP contribution < -0.4 is 5.43 Å². The number of nitrogens with zero attached hydrogens (tertiary/aromatic N) is 3. The Kier molecular flexibility index (Phi) is 5.39. The number of rotatable bonds is 6. The number of hydrogen-bond donors (Lipinski definition) is 1. The molecular formula is C22H20N4O2S. The van der Waals surface area contributed by atoms with Crippen molar-refractivity contribution in [2.24, 2.45) is 5.10 Å². The first-order valence-electron chi connectivity index (χ1n) is 9.22. The third-order valence-corrected chi connectivity index (χ3v) is 5.51. The number of carbonyl (C=O) groups excluding carboxylic acids is 1. The summed E-state index contributed by atoms with van der Waals surface area (Å²) in [7, 11) is 1.37. The molecule has 6 nitrogen and oxygen atoms in total. The van der Waals surface area contributed by atoms with Gasteiger partial charge in [0.1, 0.15) is 4.88 Å². The summed E-state index contributed by atoms with van der Waals surface area (Å²) in [5.74, 6) is -0.413. The number of para-hydroxylation sites is 1. The quantitative estimate of drug-likeness (QED) is 0.278. The average Bonchev–Trinajstić information content (AvgIpc) is 3.36. The standard InChI is InChI=1S/C22H20N4O2S/c1-3-26-14-16(17-11-7-8-12-18(17)26)13-23-25-22-24-19(15-9-5-4-6-10-15)20(29-22)21(27)28-2/h4-14H,3H2,1-2H3,(H,24,25)/b23-13-. The Morgan fingerprint density at radius 3 is 2.72 bits per heavy atom. The van der Waals surface area contributed by atoms with Crippen LogP contribution in [-0.2, 0) is 11.3 Å². The lowest BCUT2D eigenvalue weighted by molar-refractivity contribution is 0.0607. The number of carbonyl (C=O) groups is 1. The molecule has 0 aliphatic heterocycles. The van der Waals surface area contributed by atoms with E-state index >= 15 is 0 Å². The molecule has 0 spiro atoms. The fourth-order valence-corrected chi connectivity index (χ4v) is 4.04. The first-order valence-corrected chi connectivity index (χ1v) is 10.0. The Morgan fingerprint density at radius 1 is 1.21 bits per heavy atom. The molecule has 4 aromatic rings. The Hall–Kier alpha value is -3.45. The molecule has 4 rings (SSSR count). The highest BCUT2D eigenvalue weighted by atomic mass is 32.1. The zero-order chi connectivity index (χ0) is 20.2. The first-order chi connectivity index (χ1) is 14.2. The van der Waals surface area contributed by atoms with Crippen LogP contribution in [0, 0.1) is 0 Å². The maximum absolute atomic E-state index is 12.2. The third kappa shape index (κ3) is 3.77.